The third kappa shape index (κ3) is 1.59. The lowest BCUT2D eigenvalue weighted by Crippen LogP contribution is -2.23. The molecule has 1 nitrogen and oxygen atoms in total. The van der Waals surface area contributed by atoms with Crippen molar-refractivity contribution in [2.45, 2.75) is 31.2 Å². The van der Waals surface area contributed by atoms with Gasteiger partial charge in [-0.15, -0.1) is 0 Å². The summed E-state index contributed by atoms with van der Waals surface area (Å²) >= 11 is 0. The zero-order valence-electron chi connectivity index (χ0n) is 7.54. The molecule has 1 aromatic carbocycles. The second kappa shape index (κ2) is 3.46. The highest BCUT2D eigenvalue weighted by molar-refractivity contribution is 5.24. The van der Waals surface area contributed by atoms with Crippen molar-refractivity contribution in [3.8, 4) is 0 Å². The number of benzene rings is 1. The highest BCUT2D eigenvalue weighted by Gasteiger charge is 2.26. The average Bonchev–Trinajstić information content (AvgIpc) is 2.52. The average molecular weight is 179 g/mol. The van der Waals surface area contributed by atoms with Gasteiger partial charge in [-0.3, -0.25) is 0 Å². The van der Waals surface area contributed by atoms with Crippen molar-refractivity contribution in [3.05, 3.63) is 35.6 Å². The van der Waals surface area contributed by atoms with Crippen LogP contribution in [0.25, 0.3) is 0 Å². The zero-order chi connectivity index (χ0) is 9.26. The molecule has 70 valence electrons. The summed E-state index contributed by atoms with van der Waals surface area (Å²) in [5.74, 6) is 0.131. The molecule has 0 bridgehead atoms. The Morgan fingerprint density at radius 1 is 1.23 bits per heavy atom. The molecular formula is C11H14FN. The maximum atomic E-state index is 13.4. The smallest absolute Gasteiger partial charge is 0.126 e. The van der Waals surface area contributed by atoms with E-state index in [9.17, 15) is 4.39 Å². The molecule has 0 unspecified atom stereocenters. The van der Waals surface area contributed by atoms with Gasteiger partial charge >= 0.3 is 0 Å². The van der Waals surface area contributed by atoms with Gasteiger partial charge in [-0.05, 0) is 24.5 Å². The Morgan fingerprint density at radius 3 is 2.62 bits per heavy atom. The number of rotatable bonds is 1. The van der Waals surface area contributed by atoms with E-state index >= 15 is 0 Å². The van der Waals surface area contributed by atoms with Crippen LogP contribution in [0.3, 0.4) is 0 Å². The Hall–Kier alpha value is -0.890. The lowest BCUT2D eigenvalue weighted by Gasteiger charge is -2.15. The Morgan fingerprint density at radius 2 is 2.00 bits per heavy atom. The van der Waals surface area contributed by atoms with Crippen molar-refractivity contribution in [1.82, 2.24) is 0 Å². The van der Waals surface area contributed by atoms with Gasteiger partial charge in [0.25, 0.3) is 0 Å². The number of hydrogen-bond donors (Lipinski definition) is 1. The van der Waals surface area contributed by atoms with Crippen molar-refractivity contribution >= 4 is 0 Å². The van der Waals surface area contributed by atoms with E-state index in [1.807, 2.05) is 12.1 Å². The summed E-state index contributed by atoms with van der Waals surface area (Å²) in [5.41, 5.74) is 6.71. The van der Waals surface area contributed by atoms with Crippen LogP contribution in [-0.4, -0.2) is 6.04 Å². The quantitative estimate of drug-likeness (QED) is 0.704. The molecule has 1 aliphatic carbocycles. The van der Waals surface area contributed by atoms with Crippen LogP contribution >= 0.6 is 0 Å². The molecule has 0 heterocycles. The molecule has 0 aromatic heterocycles. The SMILES string of the molecule is N[C@@H]1CCC[C@H]1c1ccccc1F. The molecule has 13 heavy (non-hydrogen) atoms. The minimum Gasteiger partial charge on any atom is -0.327 e. The summed E-state index contributed by atoms with van der Waals surface area (Å²) in [7, 11) is 0. The number of nitrogens with two attached hydrogens (primary N) is 1. The first-order valence-electron chi connectivity index (χ1n) is 4.79. The van der Waals surface area contributed by atoms with Gasteiger partial charge in [0, 0.05) is 12.0 Å². The van der Waals surface area contributed by atoms with Crippen molar-refractivity contribution in [2.24, 2.45) is 5.73 Å². The van der Waals surface area contributed by atoms with E-state index in [0.29, 0.717) is 0 Å². The maximum absolute atomic E-state index is 13.4. The summed E-state index contributed by atoms with van der Waals surface area (Å²) in [6.45, 7) is 0. The van der Waals surface area contributed by atoms with Gasteiger partial charge in [-0.25, -0.2) is 4.39 Å². The van der Waals surface area contributed by atoms with Gasteiger partial charge in [0.05, 0.1) is 0 Å². The molecule has 1 aliphatic rings. The summed E-state index contributed by atoms with van der Waals surface area (Å²) in [6.07, 6.45) is 3.18. The fourth-order valence-electron chi connectivity index (χ4n) is 2.15. The fraction of sp³-hybridized carbons (Fsp3) is 0.455. The topological polar surface area (TPSA) is 26.0 Å². The van der Waals surface area contributed by atoms with Crippen molar-refractivity contribution < 1.29 is 4.39 Å². The van der Waals surface area contributed by atoms with Crippen LogP contribution in [0.4, 0.5) is 4.39 Å². The first-order chi connectivity index (χ1) is 6.29. The largest absolute Gasteiger partial charge is 0.327 e. The van der Waals surface area contributed by atoms with Crippen LogP contribution in [-0.2, 0) is 0 Å². The predicted octanol–water partition coefficient (Wildman–Crippen LogP) is 2.42. The van der Waals surface area contributed by atoms with Crippen molar-refractivity contribution in [2.75, 3.05) is 0 Å². The first kappa shape index (κ1) is 8.70. The van der Waals surface area contributed by atoms with E-state index in [1.165, 1.54) is 6.07 Å². The molecule has 0 spiro atoms. The lowest BCUT2D eigenvalue weighted by molar-refractivity contribution is 0.549. The number of halogens is 1. The molecule has 2 atom stereocenters. The van der Waals surface area contributed by atoms with Gasteiger partial charge in [-0.1, -0.05) is 24.6 Å². The Labute approximate surface area is 77.8 Å². The van der Waals surface area contributed by atoms with Crippen LogP contribution in [0.15, 0.2) is 24.3 Å². The van der Waals surface area contributed by atoms with E-state index < -0.39 is 0 Å². The predicted molar refractivity (Wildman–Crippen MR) is 51.0 cm³/mol. The van der Waals surface area contributed by atoms with Gasteiger partial charge in [-0.2, -0.15) is 0 Å². The van der Waals surface area contributed by atoms with E-state index in [4.69, 9.17) is 5.73 Å². The molecule has 0 amide bonds. The van der Waals surface area contributed by atoms with E-state index in [1.54, 1.807) is 6.07 Å². The van der Waals surface area contributed by atoms with Gasteiger partial charge < -0.3 is 5.73 Å². The minimum atomic E-state index is -0.107. The molecule has 0 saturated heterocycles. The van der Waals surface area contributed by atoms with Crippen molar-refractivity contribution in [3.63, 3.8) is 0 Å². The normalized spacial score (nSPS) is 27.8. The lowest BCUT2D eigenvalue weighted by atomic mass is 9.94. The van der Waals surface area contributed by atoms with Gasteiger partial charge in [0.15, 0.2) is 0 Å². The highest BCUT2D eigenvalue weighted by Crippen LogP contribution is 2.34. The summed E-state index contributed by atoms with van der Waals surface area (Å²) in [4.78, 5) is 0. The van der Waals surface area contributed by atoms with E-state index in [-0.39, 0.29) is 17.8 Å². The second-order valence-electron chi connectivity index (χ2n) is 3.72. The van der Waals surface area contributed by atoms with Gasteiger partial charge in [0.2, 0.25) is 0 Å². The maximum Gasteiger partial charge on any atom is 0.126 e. The summed E-state index contributed by atoms with van der Waals surface area (Å²) in [6, 6.07) is 7.12. The van der Waals surface area contributed by atoms with Crippen LogP contribution in [0, 0.1) is 5.82 Å². The Balaban J connectivity index is 2.29. The monoisotopic (exact) mass is 179 g/mol. The van der Waals surface area contributed by atoms with Crippen LogP contribution in [0.2, 0.25) is 0 Å². The fourth-order valence-corrected chi connectivity index (χ4v) is 2.15. The second-order valence-corrected chi connectivity index (χ2v) is 3.72. The molecule has 0 radical (unpaired) electrons. The van der Waals surface area contributed by atoms with Crippen LogP contribution in [0.1, 0.15) is 30.7 Å². The van der Waals surface area contributed by atoms with Crippen LogP contribution < -0.4 is 5.73 Å². The van der Waals surface area contributed by atoms with Crippen molar-refractivity contribution in [1.29, 1.82) is 0 Å². The Kier molecular flexibility index (Phi) is 2.32. The number of hydrogen-bond acceptors (Lipinski definition) is 1. The third-order valence-electron chi connectivity index (χ3n) is 2.87. The molecule has 2 rings (SSSR count). The third-order valence-corrected chi connectivity index (χ3v) is 2.87. The molecule has 0 aliphatic heterocycles. The molecule has 1 aromatic rings. The molecule has 1 saturated carbocycles. The highest BCUT2D eigenvalue weighted by atomic mass is 19.1. The first-order valence-corrected chi connectivity index (χ1v) is 4.79. The molecule has 1 fully saturated rings. The zero-order valence-corrected chi connectivity index (χ0v) is 7.54. The standard InChI is InChI=1S/C11H14FN/c12-10-6-2-1-4-8(10)9-5-3-7-11(9)13/h1-2,4,6,9,11H,3,5,7,13H2/t9-,11+/m0/s1. The van der Waals surface area contributed by atoms with E-state index in [0.717, 1.165) is 24.8 Å². The van der Waals surface area contributed by atoms with Gasteiger partial charge in [0.1, 0.15) is 5.82 Å². The minimum absolute atomic E-state index is 0.107. The van der Waals surface area contributed by atoms with E-state index in [2.05, 4.69) is 0 Å². The van der Waals surface area contributed by atoms with Crippen LogP contribution in [0.5, 0.6) is 0 Å². The summed E-state index contributed by atoms with van der Waals surface area (Å²) < 4.78 is 13.4. The molecule has 2 heteroatoms. The molecular weight excluding hydrogens is 165 g/mol. The Bertz CT molecular complexity index is 298. The summed E-state index contributed by atoms with van der Waals surface area (Å²) in [5, 5.41) is 0. The molecule has 2 N–H and O–H groups in total.